The van der Waals surface area contributed by atoms with Crippen LogP contribution in [0.25, 0.3) is 0 Å². The van der Waals surface area contributed by atoms with Gasteiger partial charge in [-0.3, -0.25) is 4.79 Å². The van der Waals surface area contributed by atoms with Crippen LogP contribution in [0.15, 0.2) is 41.4 Å². The van der Waals surface area contributed by atoms with Crippen molar-refractivity contribution in [3.63, 3.8) is 0 Å². The smallest absolute Gasteiger partial charge is 0.338 e. The number of sulfonamides is 1. The molecule has 1 saturated heterocycles. The fourth-order valence-electron chi connectivity index (χ4n) is 3.59. The van der Waals surface area contributed by atoms with Gasteiger partial charge >= 0.3 is 5.97 Å². The fraction of sp³-hybridized carbons (Fsp3) is 0.500. The van der Waals surface area contributed by atoms with Gasteiger partial charge in [0.05, 0.1) is 28.9 Å². The second-order valence-electron chi connectivity index (χ2n) is 8.40. The molecule has 1 amide bonds. The van der Waals surface area contributed by atoms with Gasteiger partial charge in [-0.05, 0) is 52.8 Å². The molecule has 1 aromatic heterocycles. The van der Waals surface area contributed by atoms with Gasteiger partial charge in [0.1, 0.15) is 5.82 Å². The number of amides is 1. The van der Waals surface area contributed by atoms with E-state index >= 15 is 0 Å². The highest BCUT2D eigenvalue weighted by Gasteiger charge is 2.32. The zero-order chi connectivity index (χ0) is 24.3. The molecule has 1 N–H and O–H groups in total. The lowest BCUT2D eigenvalue weighted by atomic mass is 10.2. The Labute approximate surface area is 193 Å². The lowest BCUT2D eigenvalue weighted by Crippen LogP contribution is -2.48. The second kappa shape index (κ2) is 10.0. The van der Waals surface area contributed by atoms with Crippen LogP contribution in [0.2, 0.25) is 0 Å². The summed E-state index contributed by atoms with van der Waals surface area (Å²) in [6.45, 7) is 9.37. The summed E-state index contributed by atoms with van der Waals surface area (Å²) in [5.41, 5.74) is 0.0392. The molecule has 180 valence electrons. The Balaban J connectivity index is 1.70. The Morgan fingerprint density at radius 2 is 1.82 bits per heavy atom. The number of hydrogen-bond donors (Lipinski definition) is 1. The molecule has 1 aliphatic rings. The number of ether oxygens (including phenoxy) is 2. The Bertz CT molecular complexity index is 1100. The summed E-state index contributed by atoms with van der Waals surface area (Å²) in [5.74, 6) is -0.832. The first-order chi connectivity index (χ1) is 15.5. The maximum Gasteiger partial charge on any atom is 0.338 e. The lowest BCUT2D eigenvalue weighted by molar-refractivity contribution is -0.123. The molecule has 2 heterocycles. The molecule has 3 atom stereocenters. The summed E-state index contributed by atoms with van der Waals surface area (Å²) in [7, 11) is -3.82. The van der Waals surface area contributed by atoms with Gasteiger partial charge in [-0.15, -0.1) is 0 Å². The van der Waals surface area contributed by atoms with Gasteiger partial charge in [0.15, 0.2) is 6.10 Å². The number of esters is 1. The SMILES string of the molecule is CC(C)n1nccc1NC(=O)[C@H](C)OC(=O)c1cccc(S(=O)(=O)N2C[C@@H](C)O[C@@H](C)C2)c1. The Hall–Kier alpha value is -2.76. The quantitative estimate of drug-likeness (QED) is 0.607. The molecule has 33 heavy (non-hydrogen) atoms. The first kappa shape index (κ1) is 24.9. The summed E-state index contributed by atoms with van der Waals surface area (Å²) >= 11 is 0. The monoisotopic (exact) mass is 478 g/mol. The van der Waals surface area contributed by atoms with Crippen molar-refractivity contribution in [1.29, 1.82) is 0 Å². The van der Waals surface area contributed by atoms with Gasteiger partial charge in [-0.2, -0.15) is 9.40 Å². The van der Waals surface area contributed by atoms with E-state index in [4.69, 9.17) is 9.47 Å². The number of nitrogens with one attached hydrogen (secondary N) is 1. The molecule has 0 aliphatic carbocycles. The van der Waals surface area contributed by atoms with Crippen molar-refractivity contribution in [3.05, 3.63) is 42.1 Å². The van der Waals surface area contributed by atoms with Crippen molar-refractivity contribution in [3.8, 4) is 0 Å². The van der Waals surface area contributed by atoms with Crippen LogP contribution in [-0.2, 0) is 24.3 Å². The summed E-state index contributed by atoms with van der Waals surface area (Å²) in [4.78, 5) is 25.1. The maximum absolute atomic E-state index is 13.1. The van der Waals surface area contributed by atoms with Gasteiger partial charge in [0.25, 0.3) is 5.91 Å². The maximum atomic E-state index is 13.1. The number of benzene rings is 1. The number of aromatic nitrogens is 2. The molecule has 3 rings (SSSR count). The van der Waals surface area contributed by atoms with E-state index in [1.165, 1.54) is 35.5 Å². The standard InChI is InChI=1S/C22H30N4O6S/c1-14(2)26-20(9-10-23-26)24-21(27)17(5)32-22(28)18-7-6-8-19(11-18)33(29,30)25-12-15(3)31-16(4)13-25/h6-11,14-17H,12-13H2,1-5H3,(H,24,27)/t15-,16+,17-/m0/s1. The number of anilines is 1. The van der Waals surface area contributed by atoms with E-state index < -0.39 is 28.0 Å². The van der Waals surface area contributed by atoms with Crippen LogP contribution in [0.4, 0.5) is 5.82 Å². The van der Waals surface area contributed by atoms with E-state index in [0.717, 1.165) is 0 Å². The van der Waals surface area contributed by atoms with E-state index in [9.17, 15) is 18.0 Å². The first-order valence-corrected chi connectivity index (χ1v) is 12.2. The Morgan fingerprint density at radius 1 is 1.15 bits per heavy atom. The summed E-state index contributed by atoms with van der Waals surface area (Å²) in [6.07, 6.45) is -0.00550. The molecule has 0 bridgehead atoms. The van der Waals surface area contributed by atoms with E-state index in [1.807, 2.05) is 27.7 Å². The van der Waals surface area contributed by atoms with Crippen molar-refractivity contribution < 1.29 is 27.5 Å². The average Bonchev–Trinajstić information content (AvgIpc) is 3.21. The molecule has 1 aromatic carbocycles. The molecule has 11 heteroatoms. The highest BCUT2D eigenvalue weighted by Crippen LogP contribution is 2.22. The van der Waals surface area contributed by atoms with Gasteiger partial charge in [0, 0.05) is 25.2 Å². The summed E-state index contributed by atoms with van der Waals surface area (Å²) < 4.78 is 40.1. The topological polar surface area (TPSA) is 120 Å². The number of carbonyl (C=O) groups is 2. The highest BCUT2D eigenvalue weighted by atomic mass is 32.2. The third-order valence-electron chi connectivity index (χ3n) is 5.16. The van der Waals surface area contributed by atoms with Crippen molar-refractivity contribution in [2.24, 2.45) is 0 Å². The molecule has 10 nitrogen and oxygen atoms in total. The van der Waals surface area contributed by atoms with E-state index in [1.54, 1.807) is 16.9 Å². The molecule has 0 radical (unpaired) electrons. The van der Waals surface area contributed by atoms with Gasteiger partial charge < -0.3 is 14.8 Å². The molecular weight excluding hydrogens is 448 g/mol. The minimum Gasteiger partial charge on any atom is -0.449 e. The number of rotatable bonds is 7. The van der Waals surface area contributed by atoms with Crippen LogP contribution >= 0.6 is 0 Å². The van der Waals surface area contributed by atoms with Crippen LogP contribution in [0.3, 0.4) is 0 Å². The Morgan fingerprint density at radius 3 is 2.45 bits per heavy atom. The zero-order valence-electron chi connectivity index (χ0n) is 19.4. The minimum atomic E-state index is -3.82. The highest BCUT2D eigenvalue weighted by molar-refractivity contribution is 7.89. The van der Waals surface area contributed by atoms with Gasteiger partial charge in [0.2, 0.25) is 10.0 Å². The van der Waals surface area contributed by atoms with E-state index in [0.29, 0.717) is 5.82 Å². The van der Waals surface area contributed by atoms with Crippen molar-refractivity contribution >= 4 is 27.7 Å². The average molecular weight is 479 g/mol. The molecule has 0 unspecified atom stereocenters. The zero-order valence-corrected chi connectivity index (χ0v) is 20.2. The van der Waals surface area contributed by atoms with Crippen molar-refractivity contribution in [2.75, 3.05) is 18.4 Å². The minimum absolute atomic E-state index is 0.0174. The fourth-order valence-corrected chi connectivity index (χ4v) is 5.23. The molecule has 1 aliphatic heterocycles. The molecule has 2 aromatic rings. The first-order valence-electron chi connectivity index (χ1n) is 10.8. The third-order valence-corrected chi connectivity index (χ3v) is 6.98. The van der Waals surface area contributed by atoms with Gasteiger partial charge in [-0.25, -0.2) is 17.9 Å². The predicted molar refractivity (Wildman–Crippen MR) is 121 cm³/mol. The number of carbonyl (C=O) groups excluding carboxylic acids is 2. The van der Waals surface area contributed by atoms with Crippen LogP contribution < -0.4 is 5.32 Å². The molecule has 0 saturated carbocycles. The third kappa shape index (κ3) is 5.79. The van der Waals surface area contributed by atoms with Crippen LogP contribution in [0.1, 0.15) is 51.0 Å². The molecule has 0 spiro atoms. The normalized spacial score (nSPS) is 20.4. The second-order valence-corrected chi connectivity index (χ2v) is 10.3. The largest absolute Gasteiger partial charge is 0.449 e. The lowest BCUT2D eigenvalue weighted by Gasteiger charge is -2.34. The summed E-state index contributed by atoms with van der Waals surface area (Å²) in [6, 6.07) is 7.30. The molecule has 1 fully saturated rings. The van der Waals surface area contributed by atoms with Crippen molar-refractivity contribution in [2.45, 2.75) is 63.9 Å². The van der Waals surface area contributed by atoms with E-state index in [-0.39, 0.29) is 41.8 Å². The van der Waals surface area contributed by atoms with Crippen LogP contribution in [0.5, 0.6) is 0 Å². The predicted octanol–water partition coefficient (Wildman–Crippen LogP) is 2.45. The van der Waals surface area contributed by atoms with Gasteiger partial charge in [-0.1, -0.05) is 6.07 Å². The number of hydrogen-bond acceptors (Lipinski definition) is 7. The number of morpholine rings is 1. The van der Waals surface area contributed by atoms with Crippen molar-refractivity contribution in [1.82, 2.24) is 14.1 Å². The Kier molecular flexibility index (Phi) is 7.55. The van der Waals surface area contributed by atoms with Crippen LogP contribution in [0, 0.1) is 0 Å². The number of nitrogens with zero attached hydrogens (tertiary/aromatic N) is 3. The summed E-state index contributed by atoms with van der Waals surface area (Å²) in [5, 5.41) is 6.83. The van der Waals surface area contributed by atoms with E-state index in [2.05, 4.69) is 10.4 Å². The van der Waals surface area contributed by atoms with Crippen LogP contribution in [-0.4, -0.2) is 65.8 Å². The molecular formula is C22H30N4O6S.